The van der Waals surface area contributed by atoms with E-state index in [-0.39, 0.29) is 17.4 Å². The van der Waals surface area contributed by atoms with E-state index in [0.717, 1.165) is 28.6 Å². The number of anilines is 1. The molecule has 1 aromatic rings. The van der Waals surface area contributed by atoms with E-state index in [2.05, 4.69) is 5.32 Å². The van der Waals surface area contributed by atoms with Crippen molar-refractivity contribution in [2.75, 3.05) is 16.8 Å². The number of hydrogen-bond donors (Lipinski definition) is 1. The van der Waals surface area contributed by atoms with E-state index in [1.165, 1.54) is 6.92 Å². The third-order valence-corrected chi connectivity index (χ3v) is 3.51. The Morgan fingerprint density at radius 1 is 1.38 bits per heavy atom. The fraction of sp³-hybridized carbons (Fsp3) is 0.400. The zero-order chi connectivity index (χ0) is 15.8. The Hall–Kier alpha value is -2.00. The first kappa shape index (κ1) is 17.1. The topological polar surface area (TPSA) is 79.2 Å². The average molecular weight is 306 g/mol. The minimum absolute atomic E-state index is 0.0479. The molecule has 0 fully saturated rings. The van der Waals surface area contributed by atoms with E-state index in [9.17, 15) is 9.59 Å². The van der Waals surface area contributed by atoms with Crippen LogP contribution in [0.4, 0.5) is 5.69 Å². The summed E-state index contributed by atoms with van der Waals surface area (Å²) in [5.74, 6) is -0.461. The lowest BCUT2D eigenvalue weighted by atomic mass is 10.1. The Kier molecular flexibility index (Phi) is 6.76. The maximum absolute atomic E-state index is 11.8. The molecule has 5 nitrogen and oxygen atoms in total. The van der Waals surface area contributed by atoms with Gasteiger partial charge in [0.1, 0.15) is 6.07 Å². The number of ether oxygens (including phenoxy) is 1. The Labute approximate surface area is 128 Å². The molecule has 1 aromatic carbocycles. The molecule has 0 spiro atoms. The van der Waals surface area contributed by atoms with E-state index in [4.69, 9.17) is 10.00 Å². The molecule has 1 rings (SSSR count). The van der Waals surface area contributed by atoms with Crippen LogP contribution in [0.15, 0.2) is 18.2 Å². The highest BCUT2D eigenvalue weighted by Crippen LogP contribution is 2.16. The summed E-state index contributed by atoms with van der Waals surface area (Å²) in [6, 6.07) is 7.58. The first-order chi connectivity index (χ1) is 9.92. The Bertz CT molecular complexity index is 567. The number of carbonyl (C=O) groups is 2. The minimum Gasteiger partial charge on any atom is -0.447 e. The van der Waals surface area contributed by atoms with Crippen LogP contribution in [0.2, 0.25) is 0 Å². The zero-order valence-corrected chi connectivity index (χ0v) is 13.1. The molecule has 0 aliphatic carbocycles. The van der Waals surface area contributed by atoms with Gasteiger partial charge in [-0.1, -0.05) is 17.7 Å². The van der Waals surface area contributed by atoms with Crippen LogP contribution in [0.1, 0.15) is 18.1 Å². The van der Waals surface area contributed by atoms with Crippen LogP contribution in [0.25, 0.3) is 0 Å². The van der Waals surface area contributed by atoms with Crippen molar-refractivity contribution in [2.45, 2.75) is 26.9 Å². The van der Waals surface area contributed by atoms with Gasteiger partial charge in [-0.15, -0.1) is 11.8 Å². The van der Waals surface area contributed by atoms with Crippen molar-refractivity contribution in [3.05, 3.63) is 29.3 Å². The van der Waals surface area contributed by atoms with Crippen LogP contribution in [0, 0.1) is 25.2 Å². The smallest absolute Gasteiger partial charge is 0.317 e. The van der Waals surface area contributed by atoms with Gasteiger partial charge in [0, 0.05) is 5.69 Å². The Balaban J connectivity index is 2.35. The van der Waals surface area contributed by atoms with Crippen molar-refractivity contribution in [2.24, 2.45) is 0 Å². The number of amides is 1. The molecule has 112 valence electrons. The van der Waals surface area contributed by atoms with E-state index >= 15 is 0 Å². The van der Waals surface area contributed by atoms with Crippen molar-refractivity contribution in [1.82, 2.24) is 0 Å². The van der Waals surface area contributed by atoms with Crippen LogP contribution in [-0.2, 0) is 14.3 Å². The van der Waals surface area contributed by atoms with Crippen LogP contribution in [0.5, 0.6) is 0 Å². The van der Waals surface area contributed by atoms with E-state index in [0.29, 0.717) is 0 Å². The SMILES string of the molecule is Cc1ccc(NC(=O)CSCC(=O)O[C@@H](C)C#N)c(C)c1. The molecule has 0 bridgehead atoms. The third-order valence-electron chi connectivity index (χ3n) is 2.60. The average Bonchev–Trinajstić information content (AvgIpc) is 2.41. The highest BCUT2D eigenvalue weighted by Gasteiger charge is 2.10. The van der Waals surface area contributed by atoms with Gasteiger partial charge in [0.25, 0.3) is 0 Å². The summed E-state index contributed by atoms with van der Waals surface area (Å²) in [5, 5.41) is 11.3. The quantitative estimate of drug-likeness (QED) is 0.817. The van der Waals surface area contributed by atoms with Gasteiger partial charge in [0.2, 0.25) is 5.91 Å². The third kappa shape index (κ3) is 6.32. The summed E-state index contributed by atoms with van der Waals surface area (Å²) in [5.41, 5.74) is 2.90. The molecule has 1 atom stereocenters. The van der Waals surface area contributed by atoms with Crippen LogP contribution < -0.4 is 5.32 Å². The van der Waals surface area contributed by atoms with Gasteiger partial charge < -0.3 is 10.1 Å². The zero-order valence-electron chi connectivity index (χ0n) is 12.3. The van der Waals surface area contributed by atoms with Gasteiger partial charge in [0.05, 0.1) is 11.5 Å². The summed E-state index contributed by atoms with van der Waals surface area (Å²) in [6.45, 7) is 5.41. The standard InChI is InChI=1S/C15H18N2O3S/c1-10-4-5-13(11(2)6-10)17-14(18)8-21-9-15(19)20-12(3)7-16/h4-6,12H,8-9H2,1-3H3,(H,17,18)/t12-/m0/s1. The van der Waals surface area contributed by atoms with E-state index in [1.807, 2.05) is 32.0 Å². The number of rotatable bonds is 6. The number of esters is 1. The first-order valence-corrected chi connectivity index (χ1v) is 7.61. The van der Waals surface area contributed by atoms with Crippen LogP contribution in [-0.4, -0.2) is 29.5 Å². The fourth-order valence-corrected chi connectivity index (χ4v) is 2.22. The number of carbonyl (C=O) groups excluding carboxylic acids is 2. The van der Waals surface area contributed by atoms with Crippen molar-refractivity contribution in [3.8, 4) is 6.07 Å². The van der Waals surface area contributed by atoms with Gasteiger partial charge in [-0.25, -0.2) is 0 Å². The molecule has 0 saturated heterocycles. The largest absolute Gasteiger partial charge is 0.447 e. The lowest BCUT2D eigenvalue weighted by Gasteiger charge is -2.09. The lowest BCUT2D eigenvalue weighted by Crippen LogP contribution is -2.18. The van der Waals surface area contributed by atoms with Crippen LogP contribution in [0.3, 0.4) is 0 Å². The van der Waals surface area contributed by atoms with Crippen molar-refractivity contribution in [3.63, 3.8) is 0 Å². The molecule has 6 heteroatoms. The summed E-state index contributed by atoms with van der Waals surface area (Å²) in [4.78, 5) is 23.1. The molecule has 0 aromatic heterocycles. The van der Waals surface area contributed by atoms with Gasteiger partial charge in [-0.05, 0) is 32.4 Å². The number of nitrogens with zero attached hydrogens (tertiary/aromatic N) is 1. The second kappa shape index (κ2) is 8.32. The lowest BCUT2D eigenvalue weighted by molar-refractivity contribution is -0.142. The summed E-state index contributed by atoms with van der Waals surface area (Å²) < 4.78 is 4.78. The van der Waals surface area contributed by atoms with Crippen molar-refractivity contribution in [1.29, 1.82) is 5.26 Å². The van der Waals surface area contributed by atoms with Crippen molar-refractivity contribution >= 4 is 29.3 Å². The predicted octanol–water partition coefficient (Wildman–Crippen LogP) is 2.43. The second-order valence-corrected chi connectivity index (χ2v) is 5.61. The predicted molar refractivity (Wildman–Crippen MR) is 83.0 cm³/mol. The van der Waals surface area contributed by atoms with Gasteiger partial charge >= 0.3 is 5.97 Å². The van der Waals surface area contributed by atoms with Gasteiger partial charge in [0.15, 0.2) is 6.10 Å². The number of thioether (sulfide) groups is 1. The molecule has 1 N–H and O–H groups in total. The molecule has 0 unspecified atom stereocenters. The highest BCUT2D eigenvalue weighted by molar-refractivity contribution is 8.00. The monoisotopic (exact) mass is 306 g/mol. The molecule has 1 amide bonds. The number of nitrogens with one attached hydrogen (secondary N) is 1. The van der Waals surface area contributed by atoms with Crippen LogP contribution >= 0.6 is 11.8 Å². The normalized spacial score (nSPS) is 11.3. The molecule has 0 radical (unpaired) electrons. The summed E-state index contributed by atoms with van der Waals surface area (Å²) in [7, 11) is 0. The molecular formula is C15H18N2O3S. The molecule has 0 saturated carbocycles. The summed E-state index contributed by atoms with van der Waals surface area (Å²) in [6.07, 6.45) is -0.762. The molecule has 21 heavy (non-hydrogen) atoms. The molecule has 0 aliphatic rings. The number of benzene rings is 1. The second-order valence-electron chi connectivity index (χ2n) is 4.62. The molecule has 0 heterocycles. The number of aryl methyl sites for hydroxylation is 2. The molecular weight excluding hydrogens is 288 g/mol. The number of nitriles is 1. The summed E-state index contributed by atoms with van der Waals surface area (Å²) >= 11 is 1.15. The van der Waals surface area contributed by atoms with Gasteiger partial charge in [-0.2, -0.15) is 5.26 Å². The van der Waals surface area contributed by atoms with E-state index in [1.54, 1.807) is 6.07 Å². The maximum Gasteiger partial charge on any atom is 0.317 e. The maximum atomic E-state index is 11.8. The molecule has 0 aliphatic heterocycles. The van der Waals surface area contributed by atoms with Crippen molar-refractivity contribution < 1.29 is 14.3 Å². The highest BCUT2D eigenvalue weighted by atomic mass is 32.2. The Morgan fingerprint density at radius 2 is 2.10 bits per heavy atom. The number of hydrogen-bond acceptors (Lipinski definition) is 5. The van der Waals surface area contributed by atoms with E-state index < -0.39 is 12.1 Å². The minimum atomic E-state index is -0.762. The van der Waals surface area contributed by atoms with Gasteiger partial charge in [-0.3, -0.25) is 9.59 Å². The first-order valence-electron chi connectivity index (χ1n) is 6.46. The Morgan fingerprint density at radius 3 is 2.71 bits per heavy atom. The fourth-order valence-electron chi connectivity index (χ4n) is 1.62.